The predicted molar refractivity (Wildman–Crippen MR) is 84.9 cm³/mol. The average molecular weight is 305 g/mol. The maximum absolute atomic E-state index is 11.9. The maximum atomic E-state index is 11.9. The SMILES string of the molecule is CCNC(=O)COc1ccc(NC(=O)CC2CCCN2)cc1. The number of nitrogens with one attached hydrogen (secondary N) is 3. The fourth-order valence-corrected chi connectivity index (χ4v) is 2.40. The molecule has 1 heterocycles. The minimum absolute atomic E-state index is 0.00705. The minimum atomic E-state index is -0.149. The molecule has 0 aliphatic carbocycles. The molecule has 0 spiro atoms. The molecule has 0 radical (unpaired) electrons. The van der Waals surface area contributed by atoms with Gasteiger partial charge in [-0.2, -0.15) is 0 Å². The Labute approximate surface area is 130 Å². The van der Waals surface area contributed by atoms with Crippen molar-refractivity contribution >= 4 is 17.5 Å². The molecule has 2 amide bonds. The molecule has 120 valence electrons. The van der Waals surface area contributed by atoms with E-state index in [1.54, 1.807) is 24.3 Å². The van der Waals surface area contributed by atoms with E-state index < -0.39 is 0 Å². The van der Waals surface area contributed by atoms with Gasteiger partial charge in [0.2, 0.25) is 5.91 Å². The monoisotopic (exact) mass is 305 g/mol. The smallest absolute Gasteiger partial charge is 0.257 e. The molecule has 1 aromatic rings. The van der Waals surface area contributed by atoms with Crippen molar-refractivity contribution in [1.29, 1.82) is 0 Å². The molecule has 6 heteroatoms. The van der Waals surface area contributed by atoms with E-state index in [4.69, 9.17) is 4.74 Å². The lowest BCUT2D eigenvalue weighted by Crippen LogP contribution is -2.28. The van der Waals surface area contributed by atoms with Gasteiger partial charge in [-0.05, 0) is 50.6 Å². The second-order valence-corrected chi connectivity index (χ2v) is 5.31. The van der Waals surface area contributed by atoms with E-state index in [9.17, 15) is 9.59 Å². The van der Waals surface area contributed by atoms with Crippen molar-refractivity contribution in [2.24, 2.45) is 0 Å². The van der Waals surface area contributed by atoms with Crippen LogP contribution in [0.1, 0.15) is 26.2 Å². The summed E-state index contributed by atoms with van der Waals surface area (Å²) >= 11 is 0. The van der Waals surface area contributed by atoms with Crippen LogP contribution in [0, 0.1) is 0 Å². The van der Waals surface area contributed by atoms with Gasteiger partial charge in [-0.25, -0.2) is 0 Å². The van der Waals surface area contributed by atoms with Crippen LogP contribution in [0.3, 0.4) is 0 Å². The van der Waals surface area contributed by atoms with E-state index in [-0.39, 0.29) is 18.4 Å². The fourth-order valence-electron chi connectivity index (χ4n) is 2.40. The molecule has 1 atom stereocenters. The van der Waals surface area contributed by atoms with Crippen LogP contribution in [0.4, 0.5) is 5.69 Å². The van der Waals surface area contributed by atoms with Gasteiger partial charge >= 0.3 is 0 Å². The van der Waals surface area contributed by atoms with E-state index >= 15 is 0 Å². The molecule has 0 aromatic heterocycles. The lowest BCUT2D eigenvalue weighted by Gasteiger charge is -2.11. The second kappa shape index (κ2) is 8.38. The molecule has 0 bridgehead atoms. The Morgan fingerprint density at radius 1 is 1.27 bits per heavy atom. The number of benzene rings is 1. The van der Waals surface area contributed by atoms with Crippen molar-refractivity contribution in [2.75, 3.05) is 25.0 Å². The standard InChI is InChI=1S/C16H23N3O3/c1-2-17-16(21)11-22-14-7-5-12(6-8-14)19-15(20)10-13-4-3-9-18-13/h5-8,13,18H,2-4,9-11H2,1H3,(H,17,21)(H,19,20). The molecule has 3 N–H and O–H groups in total. The first kappa shape index (κ1) is 16.3. The van der Waals surface area contributed by atoms with Crippen LogP contribution in [0.5, 0.6) is 5.75 Å². The van der Waals surface area contributed by atoms with E-state index in [1.807, 2.05) is 6.92 Å². The van der Waals surface area contributed by atoms with Crippen LogP contribution in [-0.4, -0.2) is 37.6 Å². The summed E-state index contributed by atoms with van der Waals surface area (Å²) in [6, 6.07) is 7.31. The van der Waals surface area contributed by atoms with Gasteiger partial charge in [-0.15, -0.1) is 0 Å². The molecular formula is C16H23N3O3. The topological polar surface area (TPSA) is 79.5 Å². The van der Waals surface area contributed by atoms with Gasteiger partial charge in [0, 0.05) is 24.7 Å². The third-order valence-electron chi connectivity index (χ3n) is 3.48. The third kappa shape index (κ3) is 5.37. The molecule has 1 unspecified atom stereocenters. The summed E-state index contributed by atoms with van der Waals surface area (Å²) in [5, 5.41) is 8.83. The lowest BCUT2D eigenvalue weighted by atomic mass is 10.1. The normalized spacial score (nSPS) is 17.0. The maximum Gasteiger partial charge on any atom is 0.257 e. The van der Waals surface area contributed by atoms with Gasteiger partial charge < -0.3 is 20.7 Å². The van der Waals surface area contributed by atoms with Crippen LogP contribution in [0.2, 0.25) is 0 Å². The third-order valence-corrected chi connectivity index (χ3v) is 3.48. The van der Waals surface area contributed by atoms with Gasteiger partial charge in [0.15, 0.2) is 6.61 Å². The summed E-state index contributed by atoms with van der Waals surface area (Å²) in [5.41, 5.74) is 0.730. The Balaban J connectivity index is 1.76. The second-order valence-electron chi connectivity index (χ2n) is 5.31. The summed E-state index contributed by atoms with van der Waals surface area (Å²) in [6.45, 7) is 3.43. The summed E-state index contributed by atoms with van der Waals surface area (Å²) in [4.78, 5) is 23.2. The number of amides is 2. The van der Waals surface area contributed by atoms with Gasteiger partial charge in [0.05, 0.1) is 0 Å². The largest absolute Gasteiger partial charge is 0.484 e. The summed E-state index contributed by atoms with van der Waals surface area (Å²) < 4.78 is 5.35. The fraction of sp³-hybridized carbons (Fsp3) is 0.500. The van der Waals surface area contributed by atoms with Crippen LogP contribution in [0.15, 0.2) is 24.3 Å². The highest BCUT2D eigenvalue weighted by molar-refractivity contribution is 5.91. The number of hydrogen-bond acceptors (Lipinski definition) is 4. The Bertz CT molecular complexity index is 496. The van der Waals surface area contributed by atoms with E-state index in [1.165, 1.54) is 0 Å². The Morgan fingerprint density at radius 2 is 2.05 bits per heavy atom. The predicted octanol–water partition coefficient (Wildman–Crippen LogP) is 1.28. The molecule has 6 nitrogen and oxygen atoms in total. The van der Waals surface area contributed by atoms with Crippen molar-refractivity contribution in [3.05, 3.63) is 24.3 Å². The first-order chi connectivity index (χ1) is 10.7. The first-order valence-electron chi connectivity index (χ1n) is 7.70. The van der Waals surface area contributed by atoms with Crippen molar-refractivity contribution in [3.63, 3.8) is 0 Å². The first-order valence-corrected chi connectivity index (χ1v) is 7.70. The highest BCUT2D eigenvalue weighted by Gasteiger charge is 2.17. The van der Waals surface area contributed by atoms with Crippen molar-refractivity contribution in [1.82, 2.24) is 10.6 Å². The molecular weight excluding hydrogens is 282 g/mol. The number of ether oxygens (including phenoxy) is 1. The van der Waals surface area contributed by atoms with Crippen LogP contribution < -0.4 is 20.7 Å². The summed E-state index contributed by atoms with van der Waals surface area (Å²) in [5.74, 6) is 0.459. The number of hydrogen-bond donors (Lipinski definition) is 3. The molecule has 1 fully saturated rings. The number of rotatable bonds is 7. The minimum Gasteiger partial charge on any atom is -0.484 e. The quantitative estimate of drug-likeness (QED) is 0.709. The zero-order valence-corrected chi connectivity index (χ0v) is 12.9. The number of carbonyl (C=O) groups is 2. The zero-order chi connectivity index (χ0) is 15.8. The van der Waals surface area contributed by atoms with E-state index in [0.29, 0.717) is 24.8 Å². The summed E-state index contributed by atoms with van der Waals surface area (Å²) in [7, 11) is 0. The highest BCUT2D eigenvalue weighted by atomic mass is 16.5. The lowest BCUT2D eigenvalue weighted by molar-refractivity contribution is -0.123. The Kier molecular flexibility index (Phi) is 6.21. The molecule has 0 saturated carbocycles. The average Bonchev–Trinajstić information content (AvgIpc) is 2.99. The number of anilines is 1. The van der Waals surface area contributed by atoms with Crippen molar-refractivity contribution in [3.8, 4) is 5.75 Å². The van der Waals surface area contributed by atoms with Gasteiger partial charge in [-0.3, -0.25) is 9.59 Å². The Hall–Kier alpha value is -2.08. The molecule has 1 aromatic carbocycles. The van der Waals surface area contributed by atoms with Crippen LogP contribution in [-0.2, 0) is 9.59 Å². The van der Waals surface area contributed by atoms with E-state index in [0.717, 1.165) is 25.1 Å². The van der Waals surface area contributed by atoms with E-state index in [2.05, 4.69) is 16.0 Å². The highest BCUT2D eigenvalue weighted by Crippen LogP contribution is 2.16. The van der Waals surface area contributed by atoms with Crippen LogP contribution >= 0.6 is 0 Å². The van der Waals surface area contributed by atoms with Crippen molar-refractivity contribution < 1.29 is 14.3 Å². The molecule has 1 aliphatic heterocycles. The van der Waals surface area contributed by atoms with Gasteiger partial charge in [0.25, 0.3) is 5.91 Å². The summed E-state index contributed by atoms with van der Waals surface area (Å²) in [6.07, 6.45) is 2.69. The molecule has 22 heavy (non-hydrogen) atoms. The number of likely N-dealkylation sites (N-methyl/N-ethyl adjacent to an activating group) is 1. The number of carbonyl (C=O) groups excluding carboxylic acids is 2. The molecule has 1 saturated heterocycles. The van der Waals surface area contributed by atoms with Crippen LogP contribution in [0.25, 0.3) is 0 Å². The zero-order valence-electron chi connectivity index (χ0n) is 12.9. The van der Waals surface area contributed by atoms with Gasteiger partial charge in [0.1, 0.15) is 5.75 Å². The molecule has 2 rings (SSSR count). The van der Waals surface area contributed by atoms with Crippen molar-refractivity contribution in [2.45, 2.75) is 32.2 Å². The molecule has 1 aliphatic rings. The van der Waals surface area contributed by atoms with Gasteiger partial charge in [-0.1, -0.05) is 0 Å². The Morgan fingerprint density at radius 3 is 2.68 bits per heavy atom.